The van der Waals surface area contributed by atoms with Crippen molar-refractivity contribution in [1.82, 2.24) is 0 Å². The molecule has 0 heterocycles. The van der Waals surface area contributed by atoms with Crippen LogP contribution in [0.15, 0.2) is 0 Å². The first-order valence-electron chi connectivity index (χ1n) is 3.03. The summed E-state index contributed by atoms with van der Waals surface area (Å²) in [6.45, 7) is 9.43. The van der Waals surface area contributed by atoms with Gasteiger partial charge in [-0.05, 0) is 0 Å². The van der Waals surface area contributed by atoms with E-state index in [2.05, 4.69) is 44.1 Å². The molecule has 0 aromatic rings. The summed E-state index contributed by atoms with van der Waals surface area (Å²) < 4.78 is 0.925. The molecule has 0 aromatic heterocycles. The molecule has 0 aromatic carbocycles. The predicted octanol–water partition coefficient (Wildman–Crippen LogP) is 2.34. The molecule has 0 saturated carbocycles. The Labute approximate surface area is 70.6 Å². The van der Waals surface area contributed by atoms with Crippen molar-refractivity contribution in [3.63, 3.8) is 0 Å². The molecule has 0 aliphatic heterocycles. The maximum absolute atomic E-state index is 2.82. The molecule has 0 rings (SSSR count). The van der Waals surface area contributed by atoms with Crippen LogP contribution in [0.1, 0.15) is 0 Å². The van der Waals surface area contributed by atoms with Crippen LogP contribution in [0, 0.1) is 0 Å². The van der Waals surface area contributed by atoms with Gasteiger partial charge in [0.2, 0.25) is 0 Å². The summed E-state index contributed by atoms with van der Waals surface area (Å²) in [5.74, 6) is 0. The van der Waals surface area contributed by atoms with Crippen molar-refractivity contribution >= 4 is 15.8 Å². The molecular weight excluding hydrogens is 185 g/mol. The van der Waals surface area contributed by atoms with Gasteiger partial charge in [0.1, 0.15) is 0 Å². The van der Waals surface area contributed by atoms with E-state index in [4.69, 9.17) is 0 Å². The predicted molar refractivity (Wildman–Crippen MR) is 46.2 cm³/mol. The molecule has 0 bridgehead atoms. The van der Waals surface area contributed by atoms with Crippen LogP contribution in [-0.2, 0) is 17.4 Å². The van der Waals surface area contributed by atoms with Gasteiger partial charge in [0.05, 0.1) is 0 Å². The van der Waals surface area contributed by atoms with Crippen LogP contribution >= 0.6 is 15.8 Å². The van der Waals surface area contributed by atoms with Crippen LogP contribution in [0.3, 0.4) is 0 Å². The molecule has 0 aliphatic rings. The van der Waals surface area contributed by atoms with Crippen molar-refractivity contribution in [1.29, 1.82) is 0 Å². The van der Waals surface area contributed by atoms with Gasteiger partial charge in [0.15, 0.2) is 0 Å². The van der Waals surface area contributed by atoms with Gasteiger partial charge in [-0.2, -0.15) is 0 Å². The van der Waals surface area contributed by atoms with Gasteiger partial charge in [-0.3, -0.25) is 0 Å². The molecule has 0 aliphatic carbocycles. The minimum atomic E-state index is 0.294. The average Bonchev–Trinajstić information content (AvgIpc) is 1.63. The fraction of sp³-hybridized carbons (Fsp3) is 1.00. The van der Waals surface area contributed by atoms with Gasteiger partial charge < -0.3 is 0 Å². The Bertz CT molecular complexity index is 73.5. The molecule has 0 radical (unpaired) electrons. The van der Waals surface area contributed by atoms with Crippen molar-refractivity contribution in [2.45, 2.75) is 4.37 Å². The normalized spacial score (nSPS) is 14.9. The zero-order valence-corrected chi connectivity index (χ0v) is 9.81. The van der Waals surface area contributed by atoms with Crippen molar-refractivity contribution < 1.29 is 17.4 Å². The second-order valence-electron chi connectivity index (χ2n) is 2.71. The molecule has 0 saturated heterocycles. The van der Waals surface area contributed by atoms with Gasteiger partial charge in [0, 0.05) is 0 Å². The summed E-state index contributed by atoms with van der Waals surface area (Å²) in [5.41, 5.74) is 0. The van der Waals surface area contributed by atoms with E-state index in [0.29, 0.717) is 15.8 Å². The molecule has 0 N–H and O–H groups in total. The van der Waals surface area contributed by atoms with Crippen molar-refractivity contribution in [2.24, 2.45) is 0 Å². The van der Waals surface area contributed by atoms with Crippen LogP contribution < -0.4 is 0 Å². The Morgan fingerprint density at radius 2 is 1.67 bits per heavy atom. The van der Waals surface area contributed by atoms with Crippen molar-refractivity contribution in [3.8, 4) is 0 Å². The fourth-order valence-corrected chi connectivity index (χ4v) is 4.96. The number of hydrogen-bond donors (Lipinski definition) is 0. The molecule has 54 valence electrons. The van der Waals surface area contributed by atoms with Gasteiger partial charge >= 0.3 is 70.5 Å². The van der Waals surface area contributed by atoms with Gasteiger partial charge in [0.25, 0.3) is 0 Å². The number of hydrogen-bond acceptors (Lipinski definition) is 0. The second-order valence-corrected chi connectivity index (χ2v) is 9.41. The molecule has 0 amide bonds. The van der Waals surface area contributed by atoms with E-state index in [0.717, 1.165) is 4.37 Å². The zero-order valence-electron chi connectivity index (χ0n) is 6.63. The standard InChI is InChI=1S/C6H15P2.V/c1-7(2)5-6-8(3)4;/h5H,6H2,1-4H3;. The van der Waals surface area contributed by atoms with Crippen molar-refractivity contribution in [3.05, 3.63) is 0 Å². The van der Waals surface area contributed by atoms with Crippen molar-refractivity contribution in [2.75, 3.05) is 32.8 Å². The molecular formula is C6H15P2V. The minimum absolute atomic E-state index is 0.294. The average molecular weight is 200 g/mol. The third-order valence-electron chi connectivity index (χ3n) is 1.12. The van der Waals surface area contributed by atoms with E-state index >= 15 is 0 Å². The Balaban J connectivity index is 3.38. The fourth-order valence-electron chi connectivity index (χ4n) is 0.490. The van der Waals surface area contributed by atoms with E-state index in [-0.39, 0.29) is 0 Å². The Morgan fingerprint density at radius 1 is 1.22 bits per heavy atom. The van der Waals surface area contributed by atoms with Gasteiger partial charge in [-0.25, -0.2) is 0 Å². The van der Waals surface area contributed by atoms with E-state index in [9.17, 15) is 0 Å². The third kappa shape index (κ3) is 5.87. The SMILES string of the molecule is CP(C)C[CH]([V])P(C)C. The van der Waals surface area contributed by atoms with E-state index < -0.39 is 0 Å². The van der Waals surface area contributed by atoms with Crippen LogP contribution in [0.5, 0.6) is 0 Å². The molecule has 0 nitrogen and oxygen atoms in total. The maximum atomic E-state index is 2.82. The van der Waals surface area contributed by atoms with Gasteiger partial charge in [-0.1, -0.05) is 0 Å². The van der Waals surface area contributed by atoms with Crippen LogP contribution in [-0.4, -0.2) is 37.2 Å². The van der Waals surface area contributed by atoms with Crippen LogP contribution in [0.25, 0.3) is 0 Å². The van der Waals surface area contributed by atoms with E-state index in [1.165, 1.54) is 6.16 Å². The first-order valence-corrected chi connectivity index (χ1v) is 8.56. The van der Waals surface area contributed by atoms with E-state index in [1.807, 2.05) is 0 Å². The Kier molecular flexibility index (Phi) is 5.97. The zero-order chi connectivity index (χ0) is 7.44. The Morgan fingerprint density at radius 3 is 1.78 bits per heavy atom. The first-order chi connectivity index (χ1) is 4.04. The molecule has 1 atom stereocenters. The summed E-state index contributed by atoms with van der Waals surface area (Å²) in [6, 6.07) is 0. The molecule has 9 heavy (non-hydrogen) atoms. The molecule has 3 heteroatoms. The molecule has 0 fully saturated rings. The first kappa shape index (κ1) is 10.4. The van der Waals surface area contributed by atoms with Crippen LogP contribution in [0.2, 0.25) is 0 Å². The van der Waals surface area contributed by atoms with Crippen LogP contribution in [0.4, 0.5) is 0 Å². The monoisotopic (exact) mass is 200 g/mol. The summed E-state index contributed by atoms with van der Waals surface area (Å²) in [4.78, 5) is 0. The third-order valence-corrected chi connectivity index (χ3v) is 6.79. The summed E-state index contributed by atoms with van der Waals surface area (Å²) in [6.07, 6.45) is 1.44. The Hall–Kier alpha value is 1.44. The summed E-state index contributed by atoms with van der Waals surface area (Å²) in [5, 5.41) is 0. The van der Waals surface area contributed by atoms with Gasteiger partial charge in [-0.15, -0.1) is 0 Å². The second kappa shape index (κ2) is 5.14. The summed E-state index contributed by atoms with van der Waals surface area (Å²) >= 11 is 2.82. The molecule has 1 unspecified atom stereocenters. The van der Waals surface area contributed by atoms with E-state index in [1.54, 1.807) is 0 Å². The number of rotatable bonds is 3. The molecule has 0 spiro atoms. The topological polar surface area (TPSA) is 0 Å². The quantitative estimate of drug-likeness (QED) is 0.613. The summed E-state index contributed by atoms with van der Waals surface area (Å²) in [7, 11) is 0.622.